The second kappa shape index (κ2) is 8.15. The van der Waals surface area contributed by atoms with Crippen LogP contribution in [0.1, 0.15) is 40.1 Å². The molecule has 1 amide bonds. The second-order valence-electron chi connectivity index (χ2n) is 5.92. The second-order valence-corrected chi connectivity index (χ2v) is 5.92. The van der Waals surface area contributed by atoms with Gasteiger partial charge in [-0.15, -0.1) is 0 Å². The van der Waals surface area contributed by atoms with Gasteiger partial charge < -0.3 is 15.2 Å². The zero-order chi connectivity index (χ0) is 17.5. The van der Waals surface area contributed by atoms with Gasteiger partial charge in [-0.25, -0.2) is 4.79 Å². The molecule has 0 aromatic heterocycles. The normalized spacial score (nSPS) is 10.5. The van der Waals surface area contributed by atoms with Crippen molar-refractivity contribution in [3.05, 3.63) is 65.2 Å². The molecule has 0 atom stereocenters. The van der Waals surface area contributed by atoms with Crippen LogP contribution in [-0.4, -0.2) is 23.6 Å². The maximum atomic E-state index is 12.2. The third-order valence-corrected chi connectivity index (χ3v) is 3.33. The van der Waals surface area contributed by atoms with Crippen molar-refractivity contribution < 1.29 is 19.4 Å². The fraction of sp³-hybridized carbons (Fsp3) is 0.263. The molecule has 5 heteroatoms. The van der Waals surface area contributed by atoms with Crippen LogP contribution >= 0.6 is 0 Å². The molecule has 0 unspecified atom stereocenters. The lowest BCUT2D eigenvalue weighted by atomic mass is 10.1. The topological polar surface area (TPSA) is 75.6 Å². The number of rotatable bonds is 7. The van der Waals surface area contributed by atoms with Crippen molar-refractivity contribution in [1.82, 2.24) is 5.32 Å². The van der Waals surface area contributed by atoms with E-state index in [-0.39, 0.29) is 11.5 Å². The summed E-state index contributed by atoms with van der Waals surface area (Å²) in [7, 11) is 0. The molecule has 0 radical (unpaired) electrons. The number of aromatic carboxylic acids is 1. The highest BCUT2D eigenvalue weighted by molar-refractivity contribution is 5.94. The van der Waals surface area contributed by atoms with Crippen LogP contribution in [0.5, 0.6) is 5.75 Å². The van der Waals surface area contributed by atoms with Crippen molar-refractivity contribution in [2.45, 2.75) is 20.4 Å². The Bertz CT molecular complexity index is 708. The summed E-state index contributed by atoms with van der Waals surface area (Å²) in [6, 6.07) is 13.5. The van der Waals surface area contributed by atoms with Crippen molar-refractivity contribution in [2.24, 2.45) is 5.92 Å². The van der Waals surface area contributed by atoms with Gasteiger partial charge in [0.05, 0.1) is 12.2 Å². The van der Waals surface area contributed by atoms with Crippen LogP contribution < -0.4 is 10.1 Å². The summed E-state index contributed by atoms with van der Waals surface area (Å²) in [4.78, 5) is 23.0. The van der Waals surface area contributed by atoms with E-state index in [1.165, 1.54) is 12.1 Å². The number of benzene rings is 2. The van der Waals surface area contributed by atoms with E-state index in [1.807, 2.05) is 6.07 Å². The molecular formula is C19H21NO4. The quantitative estimate of drug-likeness (QED) is 0.818. The lowest BCUT2D eigenvalue weighted by Gasteiger charge is -2.10. The van der Waals surface area contributed by atoms with E-state index in [1.54, 1.807) is 30.3 Å². The zero-order valence-corrected chi connectivity index (χ0v) is 13.8. The van der Waals surface area contributed by atoms with Crippen molar-refractivity contribution >= 4 is 11.9 Å². The number of ether oxygens (including phenoxy) is 1. The number of hydrogen-bond acceptors (Lipinski definition) is 3. The Morgan fingerprint density at radius 3 is 2.42 bits per heavy atom. The summed E-state index contributed by atoms with van der Waals surface area (Å²) in [5.74, 6) is -0.0884. The number of amides is 1. The minimum atomic E-state index is -0.969. The first-order valence-corrected chi connectivity index (χ1v) is 7.79. The summed E-state index contributed by atoms with van der Waals surface area (Å²) in [6.07, 6.45) is 0. The highest BCUT2D eigenvalue weighted by Crippen LogP contribution is 2.14. The molecule has 0 saturated carbocycles. The molecule has 0 heterocycles. The third kappa shape index (κ3) is 5.12. The number of carbonyl (C=O) groups is 2. The summed E-state index contributed by atoms with van der Waals surface area (Å²) in [5, 5.41) is 11.7. The van der Waals surface area contributed by atoms with E-state index in [4.69, 9.17) is 9.84 Å². The molecule has 2 aromatic rings. The molecule has 0 saturated heterocycles. The average molecular weight is 327 g/mol. The van der Waals surface area contributed by atoms with Crippen molar-refractivity contribution in [3.8, 4) is 5.75 Å². The molecule has 0 aliphatic rings. The molecule has 0 aliphatic heterocycles. The molecule has 5 nitrogen and oxygen atoms in total. The SMILES string of the molecule is CC(C)COc1cccc(C(=O)NCc2ccc(C(=O)O)cc2)c1. The minimum Gasteiger partial charge on any atom is -0.493 e. The van der Waals surface area contributed by atoms with E-state index < -0.39 is 5.97 Å². The van der Waals surface area contributed by atoms with Crippen LogP contribution in [-0.2, 0) is 6.54 Å². The lowest BCUT2D eigenvalue weighted by Crippen LogP contribution is -2.22. The number of carboxylic acid groups (broad SMARTS) is 1. The molecule has 2 N–H and O–H groups in total. The van der Waals surface area contributed by atoms with Crippen molar-refractivity contribution in [1.29, 1.82) is 0 Å². The first kappa shape index (κ1) is 17.5. The van der Waals surface area contributed by atoms with Crippen LogP contribution in [0.2, 0.25) is 0 Å². The first-order valence-electron chi connectivity index (χ1n) is 7.79. The Kier molecular flexibility index (Phi) is 5.95. The highest BCUT2D eigenvalue weighted by atomic mass is 16.5. The maximum absolute atomic E-state index is 12.2. The Morgan fingerprint density at radius 2 is 1.79 bits per heavy atom. The van der Waals surface area contributed by atoms with Gasteiger partial charge in [0.1, 0.15) is 5.75 Å². The predicted octanol–water partition coefficient (Wildman–Crippen LogP) is 3.35. The monoisotopic (exact) mass is 327 g/mol. The lowest BCUT2D eigenvalue weighted by molar-refractivity contribution is 0.0696. The molecule has 0 aliphatic carbocycles. The number of carboxylic acids is 1. The van der Waals surface area contributed by atoms with Gasteiger partial charge >= 0.3 is 5.97 Å². The van der Waals surface area contributed by atoms with Crippen LogP contribution in [0.15, 0.2) is 48.5 Å². The van der Waals surface area contributed by atoms with Gasteiger partial charge in [-0.05, 0) is 41.8 Å². The Hall–Kier alpha value is -2.82. The molecule has 0 bridgehead atoms. The van der Waals surface area contributed by atoms with E-state index in [0.29, 0.717) is 30.4 Å². The maximum Gasteiger partial charge on any atom is 0.335 e. The third-order valence-electron chi connectivity index (χ3n) is 3.33. The van der Waals surface area contributed by atoms with E-state index in [0.717, 1.165) is 5.56 Å². The molecule has 24 heavy (non-hydrogen) atoms. The van der Waals surface area contributed by atoms with Crippen molar-refractivity contribution in [2.75, 3.05) is 6.61 Å². The van der Waals surface area contributed by atoms with Gasteiger partial charge in [-0.1, -0.05) is 32.0 Å². The average Bonchev–Trinajstić information content (AvgIpc) is 2.58. The number of carbonyl (C=O) groups excluding carboxylic acids is 1. The molecule has 0 fully saturated rings. The highest BCUT2D eigenvalue weighted by Gasteiger charge is 2.08. The fourth-order valence-electron chi connectivity index (χ4n) is 2.04. The zero-order valence-electron chi connectivity index (χ0n) is 13.8. The summed E-state index contributed by atoms with van der Waals surface area (Å²) >= 11 is 0. The van der Waals surface area contributed by atoms with E-state index in [2.05, 4.69) is 19.2 Å². The van der Waals surface area contributed by atoms with Gasteiger partial charge in [-0.2, -0.15) is 0 Å². The number of hydrogen-bond donors (Lipinski definition) is 2. The number of nitrogens with one attached hydrogen (secondary N) is 1. The Morgan fingerprint density at radius 1 is 1.08 bits per heavy atom. The Labute approximate surface area is 141 Å². The standard InChI is InChI=1S/C19H21NO4/c1-13(2)12-24-17-5-3-4-16(10-17)18(21)20-11-14-6-8-15(9-7-14)19(22)23/h3-10,13H,11-12H2,1-2H3,(H,20,21)(H,22,23). The van der Waals surface area contributed by atoms with Crippen molar-refractivity contribution in [3.63, 3.8) is 0 Å². The minimum absolute atomic E-state index is 0.202. The molecule has 0 spiro atoms. The summed E-state index contributed by atoms with van der Waals surface area (Å²) in [6.45, 7) is 5.05. The molecule has 2 aromatic carbocycles. The molecule has 126 valence electrons. The predicted molar refractivity (Wildman–Crippen MR) is 91.3 cm³/mol. The molecular weight excluding hydrogens is 306 g/mol. The summed E-state index contributed by atoms with van der Waals surface area (Å²) < 4.78 is 5.62. The van der Waals surface area contributed by atoms with Crippen LogP contribution in [0, 0.1) is 5.92 Å². The first-order chi connectivity index (χ1) is 11.5. The van der Waals surface area contributed by atoms with Gasteiger partial charge in [0, 0.05) is 12.1 Å². The van der Waals surface area contributed by atoms with Crippen LogP contribution in [0.3, 0.4) is 0 Å². The van der Waals surface area contributed by atoms with Gasteiger partial charge in [0.2, 0.25) is 0 Å². The van der Waals surface area contributed by atoms with Gasteiger partial charge in [0.25, 0.3) is 5.91 Å². The summed E-state index contributed by atoms with van der Waals surface area (Å²) in [5.41, 5.74) is 1.58. The van der Waals surface area contributed by atoms with Crippen LogP contribution in [0.25, 0.3) is 0 Å². The largest absolute Gasteiger partial charge is 0.493 e. The van der Waals surface area contributed by atoms with Gasteiger partial charge in [-0.3, -0.25) is 4.79 Å². The Balaban J connectivity index is 1.94. The van der Waals surface area contributed by atoms with Gasteiger partial charge in [0.15, 0.2) is 0 Å². The fourth-order valence-corrected chi connectivity index (χ4v) is 2.04. The van der Waals surface area contributed by atoms with E-state index in [9.17, 15) is 9.59 Å². The molecule has 2 rings (SSSR count). The van der Waals surface area contributed by atoms with Crippen LogP contribution in [0.4, 0.5) is 0 Å². The smallest absolute Gasteiger partial charge is 0.335 e. The van der Waals surface area contributed by atoms with E-state index >= 15 is 0 Å².